The molecule has 0 aromatic heterocycles. The molecule has 1 aromatic rings. The fraction of sp³-hybridized carbons (Fsp3) is 0.222. The quantitative estimate of drug-likeness (QED) is 0.546. The summed E-state index contributed by atoms with van der Waals surface area (Å²) in [6.07, 6.45) is 0. The zero-order valence-corrected chi connectivity index (χ0v) is 11.5. The Morgan fingerprint density at radius 1 is 1.20 bits per heavy atom. The Kier molecular flexibility index (Phi) is 8.79. The molecule has 0 amide bonds. The molecule has 6 heteroatoms. The smallest absolute Gasteiger partial charge is 1.00 e. The van der Waals surface area contributed by atoms with Gasteiger partial charge in [0.05, 0.1) is 20.2 Å². The minimum Gasteiger partial charge on any atom is -1.00 e. The van der Waals surface area contributed by atoms with E-state index >= 15 is 0 Å². The molecular weight excluding hydrogens is 276 g/mol. The molecule has 78 valence electrons. The van der Waals surface area contributed by atoms with E-state index in [1.165, 1.54) is 32.4 Å². The minimum absolute atomic E-state index is 0. The number of methoxy groups -OCH3 is 2. The van der Waals surface area contributed by atoms with Crippen molar-refractivity contribution in [3.8, 4) is 11.5 Å². The fourth-order valence-electron chi connectivity index (χ4n) is 0.963. The Bertz CT molecular complexity index is 330. The average Bonchev–Trinajstić information content (AvgIpc) is 2.16. The van der Waals surface area contributed by atoms with Crippen molar-refractivity contribution < 1.29 is 36.4 Å². The van der Waals surface area contributed by atoms with Crippen LogP contribution in [0.2, 0.25) is 0 Å². The van der Waals surface area contributed by atoms with Gasteiger partial charge in [-0.15, -0.1) is 0 Å². The van der Waals surface area contributed by atoms with Crippen molar-refractivity contribution in [1.82, 2.24) is 0 Å². The number of aromatic carboxylic acids is 1. The molecule has 0 aliphatic rings. The first-order chi connectivity index (χ1) is 6.19. The second-order valence-electron chi connectivity index (χ2n) is 2.36. The van der Waals surface area contributed by atoms with Crippen LogP contribution in [0.5, 0.6) is 11.5 Å². The summed E-state index contributed by atoms with van der Waals surface area (Å²) in [4.78, 5) is 10.5. The van der Waals surface area contributed by atoms with Crippen LogP contribution in [0.3, 0.4) is 0 Å². The van der Waals surface area contributed by atoms with Crippen molar-refractivity contribution in [3.05, 3.63) is 23.8 Å². The van der Waals surface area contributed by atoms with Crippen molar-refractivity contribution in [3.63, 3.8) is 0 Å². The number of benzene rings is 1. The van der Waals surface area contributed by atoms with Crippen molar-refractivity contribution in [2.75, 3.05) is 14.2 Å². The maximum absolute atomic E-state index is 10.5. The predicted octanol–water partition coefficient (Wildman–Crippen LogP) is -3.31. The molecule has 4 nitrogen and oxygen atoms in total. The van der Waals surface area contributed by atoms with Gasteiger partial charge in [0, 0.05) is 5.56 Å². The number of carboxylic acid groups (broad SMARTS) is 1. The van der Waals surface area contributed by atoms with Crippen LogP contribution in [0.4, 0.5) is 0 Å². The Labute approximate surface area is 114 Å². The van der Waals surface area contributed by atoms with Crippen LogP contribution in [0.25, 0.3) is 0 Å². The summed E-state index contributed by atoms with van der Waals surface area (Å²) in [5, 5.41) is 10.5. The van der Waals surface area contributed by atoms with E-state index in [9.17, 15) is 9.90 Å². The van der Waals surface area contributed by atoms with E-state index in [2.05, 4.69) is 0 Å². The largest absolute Gasteiger partial charge is 2.00 e. The van der Waals surface area contributed by atoms with Crippen LogP contribution in [0, 0.1) is 0 Å². The first-order valence-electron chi connectivity index (χ1n) is 3.62. The number of rotatable bonds is 3. The van der Waals surface area contributed by atoms with E-state index in [1.807, 2.05) is 0 Å². The standard InChI is InChI=1S/C9H10O4.BrH.Mg/c1-12-7-4-3-6(9(10)11)5-8(7)13-2;;/h3-5H,1-2H3,(H,10,11);1H;/q;;+2/p-2. The van der Waals surface area contributed by atoms with Gasteiger partial charge in [-0.05, 0) is 18.2 Å². The van der Waals surface area contributed by atoms with E-state index in [0.29, 0.717) is 11.5 Å². The zero-order chi connectivity index (χ0) is 9.84. The van der Waals surface area contributed by atoms with Gasteiger partial charge in [0.15, 0.2) is 11.5 Å². The van der Waals surface area contributed by atoms with Gasteiger partial charge in [0.2, 0.25) is 0 Å². The second kappa shape index (κ2) is 7.78. The fourth-order valence-corrected chi connectivity index (χ4v) is 0.963. The van der Waals surface area contributed by atoms with E-state index in [-0.39, 0.29) is 45.6 Å². The number of carboxylic acids is 1. The van der Waals surface area contributed by atoms with Crippen LogP contribution < -0.4 is 31.6 Å². The Morgan fingerprint density at radius 2 is 1.73 bits per heavy atom. The van der Waals surface area contributed by atoms with Gasteiger partial charge >= 0.3 is 23.1 Å². The molecule has 0 aliphatic heterocycles. The number of ether oxygens (including phenoxy) is 2. The molecule has 0 unspecified atom stereocenters. The van der Waals surface area contributed by atoms with Crippen LogP contribution in [0.15, 0.2) is 18.2 Å². The summed E-state index contributed by atoms with van der Waals surface area (Å²) in [5.41, 5.74) is 0.0673. The van der Waals surface area contributed by atoms with Crippen LogP contribution in [0.1, 0.15) is 10.4 Å². The maximum Gasteiger partial charge on any atom is 2.00 e. The molecule has 15 heavy (non-hydrogen) atoms. The van der Waals surface area contributed by atoms with E-state index in [0.717, 1.165) is 0 Å². The Balaban J connectivity index is 0. The SMILES string of the molecule is COc1ccc(C(=O)[O-])cc1OC.[Br-].[Mg+2]. The maximum atomic E-state index is 10.5. The van der Waals surface area contributed by atoms with E-state index in [4.69, 9.17) is 9.47 Å². The second-order valence-corrected chi connectivity index (χ2v) is 2.36. The van der Waals surface area contributed by atoms with Crippen molar-refractivity contribution in [1.29, 1.82) is 0 Å². The number of halogens is 1. The first-order valence-corrected chi connectivity index (χ1v) is 3.62. The van der Waals surface area contributed by atoms with Gasteiger partial charge in [0.1, 0.15) is 0 Å². The normalized spacial score (nSPS) is 8.13. The van der Waals surface area contributed by atoms with E-state index < -0.39 is 5.97 Å². The summed E-state index contributed by atoms with van der Waals surface area (Å²) < 4.78 is 9.84. The van der Waals surface area contributed by atoms with Gasteiger partial charge in [-0.3, -0.25) is 0 Å². The monoisotopic (exact) mass is 284 g/mol. The molecule has 0 bridgehead atoms. The molecule has 0 saturated heterocycles. The molecule has 0 N–H and O–H groups in total. The molecular formula is C9H9BrMgO4. The number of carbonyl (C=O) groups is 1. The summed E-state index contributed by atoms with van der Waals surface area (Å²) in [5.74, 6) is -0.363. The third-order valence-electron chi connectivity index (χ3n) is 1.62. The molecule has 0 atom stereocenters. The molecule has 0 aliphatic carbocycles. The summed E-state index contributed by atoms with van der Waals surface area (Å²) in [7, 11) is 2.92. The molecule has 1 aromatic carbocycles. The Hall–Kier alpha value is -0.464. The third-order valence-corrected chi connectivity index (χ3v) is 1.62. The predicted molar refractivity (Wildman–Crippen MR) is 49.6 cm³/mol. The van der Waals surface area contributed by atoms with Crippen LogP contribution >= 0.6 is 0 Å². The van der Waals surface area contributed by atoms with Crippen LogP contribution in [-0.2, 0) is 0 Å². The van der Waals surface area contributed by atoms with Gasteiger partial charge in [0.25, 0.3) is 0 Å². The van der Waals surface area contributed by atoms with E-state index in [1.54, 1.807) is 0 Å². The molecule has 0 spiro atoms. The molecule has 0 radical (unpaired) electrons. The third kappa shape index (κ3) is 4.27. The Morgan fingerprint density at radius 3 is 2.13 bits per heavy atom. The van der Waals surface area contributed by atoms with Crippen LogP contribution in [-0.4, -0.2) is 43.2 Å². The zero-order valence-electron chi connectivity index (χ0n) is 8.45. The van der Waals surface area contributed by atoms with Gasteiger partial charge < -0.3 is 36.4 Å². The molecule has 1 rings (SSSR count). The first kappa shape index (κ1) is 16.9. The molecule has 0 saturated carbocycles. The van der Waals surface area contributed by atoms with Crippen molar-refractivity contribution in [2.45, 2.75) is 0 Å². The topological polar surface area (TPSA) is 58.6 Å². The minimum atomic E-state index is -1.24. The summed E-state index contributed by atoms with van der Waals surface area (Å²) in [6, 6.07) is 4.27. The van der Waals surface area contributed by atoms with Gasteiger partial charge in [-0.1, -0.05) is 0 Å². The van der Waals surface area contributed by atoms with Gasteiger partial charge in [-0.2, -0.15) is 0 Å². The number of hydrogen-bond acceptors (Lipinski definition) is 4. The van der Waals surface area contributed by atoms with Gasteiger partial charge in [-0.25, -0.2) is 0 Å². The summed E-state index contributed by atoms with van der Waals surface area (Å²) in [6.45, 7) is 0. The number of carbonyl (C=O) groups excluding carboxylic acids is 1. The van der Waals surface area contributed by atoms with Crippen molar-refractivity contribution >= 4 is 29.0 Å². The van der Waals surface area contributed by atoms with Crippen molar-refractivity contribution in [2.24, 2.45) is 0 Å². The molecule has 0 fully saturated rings. The average molecular weight is 285 g/mol. The summed E-state index contributed by atoms with van der Waals surface area (Å²) >= 11 is 0. The molecule has 0 heterocycles. The number of hydrogen-bond donors (Lipinski definition) is 0.